The third-order valence-corrected chi connectivity index (χ3v) is 3.98. The van der Waals surface area contributed by atoms with Gasteiger partial charge in [-0.3, -0.25) is 5.10 Å². The van der Waals surface area contributed by atoms with E-state index in [1.165, 1.54) is 6.07 Å². The largest absolute Gasteiger partial charge is 0.342 e. The monoisotopic (exact) mass is 306 g/mol. The summed E-state index contributed by atoms with van der Waals surface area (Å²) < 4.78 is 13.5. The van der Waals surface area contributed by atoms with Crippen molar-refractivity contribution in [1.29, 1.82) is 0 Å². The molecular weight excluding hydrogens is 291 g/mol. The van der Waals surface area contributed by atoms with Gasteiger partial charge in [-0.05, 0) is 43.7 Å². The Balaban J connectivity index is 1.90. The molecule has 0 saturated carbocycles. The van der Waals surface area contributed by atoms with E-state index in [1.54, 1.807) is 19.2 Å². The Bertz CT molecular complexity index is 1010. The van der Waals surface area contributed by atoms with Gasteiger partial charge in [0.1, 0.15) is 11.6 Å². The van der Waals surface area contributed by atoms with Crippen LogP contribution in [0.25, 0.3) is 33.4 Å². The summed E-state index contributed by atoms with van der Waals surface area (Å²) in [7, 11) is 0. The molecule has 0 atom stereocenters. The summed E-state index contributed by atoms with van der Waals surface area (Å²) >= 11 is 0. The number of imidazole rings is 1. The molecule has 5 heteroatoms. The van der Waals surface area contributed by atoms with E-state index in [9.17, 15) is 4.39 Å². The first-order valence-electron chi connectivity index (χ1n) is 7.38. The molecule has 4 nitrogen and oxygen atoms in total. The van der Waals surface area contributed by atoms with Gasteiger partial charge in [-0.2, -0.15) is 5.10 Å². The first kappa shape index (κ1) is 13.7. The van der Waals surface area contributed by atoms with Gasteiger partial charge in [0.25, 0.3) is 0 Å². The molecule has 4 aromatic rings. The summed E-state index contributed by atoms with van der Waals surface area (Å²) in [4.78, 5) is 7.90. The molecule has 2 N–H and O–H groups in total. The number of fused-ring (bicyclic) bond motifs is 1. The minimum Gasteiger partial charge on any atom is -0.342 e. The lowest BCUT2D eigenvalue weighted by Crippen LogP contribution is -1.87. The molecule has 2 heterocycles. The van der Waals surface area contributed by atoms with Crippen LogP contribution in [0.5, 0.6) is 0 Å². The molecule has 2 aromatic carbocycles. The summed E-state index contributed by atoms with van der Waals surface area (Å²) in [5, 5.41) is 8.09. The van der Waals surface area contributed by atoms with Crippen molar-refractivity contribution in [3.63, 3.8) is 0 Å². The van der Waals surface area contributed by atoms with E-state index < -0.39 is 0 Å². The number of rotatable bonds is 2. The van der Waals surface area contributed by atoms with Crippen LogP contribution in [0.3, 0.4) is 0 Å². The summed E-state index contributed by atoms with van der Waals surface area (Å²) in [6.45, 7) is 3.67. The van der Waals surface area contributed by atoms with Gasteiger partial charge in [0.2, 0.25) is 0 Å². The van der Waals surface area contributed by atoms with Crippen molar-refractivity contribution in [1.82, 2.24) is 20.2 Å². The van der Waals surface area contributed by atoms with E-state index >= 15 is 0 Å². The first-order chi connectivity index (χ1) is 11.1. The van der Waals surface area contributed by atoms with Crippen molar-refractivity contribution >= 4 is 10.9 Å². The highest BCUT2D eigenvalue weighted by Crippen LogP contribution is 2.32. The van der Waals surface area contributed by atoms with Crippen LogP contribution in [0.15, 0.2) is 42.6 Å². The predicted molar refractivity (Wildman–Crippen MR) is 88.5 cm³/mol. The zero-order valence-corrected chi connectivity index (χ0v) is 12.8. The molecule has 0 saturated heterocycles. The number of hydrogen-bond donors (Lipinski definition) is 2. The second-order valence-electron chi connectivity index (χ2n) is 5.68. The third kappa shape index (κ3) is 2.30. The summed E-state index contributed by atoms with van der Waals surface area (Å²) in [5.74, 6) is 0.614. The smallest absolute Gasteiger partial charge is 0.126 e. The SMILES string of the molecule is Cc1nc(-c2ccc(F)c(C)c2)c(-c2ccc3cn[nH]c3c2)[nH]1. The normalized spacial score (nSPS) is 11.3. The summed E-state index contributed by atoms with van der Waals surface area (Å²) in [6.07, 6.45) is 1.79. The van der Waals surface area contributed by atoms with Crippen LogP contribution in [0, 0.1) is 19.7 Å². The second-order valence-corrected chi connectivity index (χ2v) is 5.68. The fourth-order valence-corrected chi connectivity index (χ4v) is 2.79. The van der Waals surface area contributed by atoms with Crippen molar-refractivity contribution in [2.24, 2.45) is 0 Å². The number of nitrogens with zero attached hydrogens (tertiary/aromatic N) is 2. The molecule has 0 fully saturated rings. The van der Waals surface area contributed by atoms with Gasteiger partial charge in [0.05, 0.1) is 23.1 Å². The Morgan fingerprint density at radius 1 is 1.00 bits per heavy atom. The van der Waals surface area contributed by atoms with Crippen LogP contribution in [0.1, 0.15) is 11.4 Å². The Morgan fingerprint density at radius 3 is 2.65 bits per heavy atom. The Morgan fingerprint density at radius 2 is 1.83 bits per heavy atom. The van der Waals surface area contributed by atoms with Crippen molar-refractivity contribution in [2.45, 2.75) is 13.8 Å². The number of hydrogen-bond acceptors (Lipinski definition) is 2. The van der Waals surface area contributed by atoms with Gasteiger partial charge in [0.15, 0.2) is 0 Å². The minimum atomic E-state index is -0.207. The van der Waals surface area contributed by atoms with Crippen LogP contribution in [-0.4, -0.2) is 20.2 Å². The van der Waals surface area contributed by atoms with E-state index in [1.807, 2.05) is 31.2 Å². The van der Waals surface area contributed by atoms with E-state index in [0.29, 0.717) is 5.56 Å². The molecule has 0 bridgehead atoms. The molecule has 0 spiro atoms. The first-order valence-corrected chi connectivity index (χ1v) is 7.38. The highest BCUT2D eigenvalue weighted by atomic mass is 19.1. The van der Waals surface area contributed by atoms with Gasteiger partial charge in [0, 0.05) is 16.5 Å². The molecule has 23 heavy (non-hydrogen) atoms. The molecule has 2 aromatic heterocycles. The van der Waals surface area contributed by atoms with Gasteiger partial charge in [-0.25, -0.2) is 9.37 Å². The van der Waals surface area contributed by atoms with Crippen LogP contribution < -0.4 is 0 Å². The van der Waals surface area contributed by atoms with E-state index in [-0.39, 0.29) is 5.82 Å². The zero-order chi connectivity index (χ0) is 16.0. The van der Waals surface area contributed by atoms with Crippen LogP contribution in [0.2, 0.25) is 0 Å². The molecule has 0 aliphatic rings. The number of halogens is 1. The van der Waals surface area contributed by atoms with E-state index in [4.69, 9.17) is 0 Å². The standard InChI is InChI=1S/C18H15FN4/c1-10-7-12(5-6-15(10)19)17-18(22-11(2)21-17)13-3-4-14-9-20-23-16(14)8-13/h3-9H,1-2H3,(H,20,23)(H,21,22). The van der Waals surface area contributed by atoms with Crippen LogP contribution in [-0.2, 0) is 0 Å². The lowest BCUT2D eigenvalue weighted by molar-refractivity contribution is 0.619. The molecule has 0 radical (unpaired) electrons. The Labute approximate surface area is 132 Å². The Hall–Kier alpha value is -2.95. The van der Waals surface area contributed by atoms with E-state index in [0.717, 1.165) is 39.2 Å². The number of aromatic amines is 2. The average Bonchev–Trinajstić information content (AvgIpc) is 3.15. The number of benzene rings is 2. The maximum Gasteiger partial charge on any atom is 0.126 e. The highest BCUT2D eigenvalue weighted by Gasteiger charge is 2.14. The highest BCUT2D eigenvalue weighted by molar-refractivity contribution is 5.86. The topological polar surface area (TPSA) is 57.4 Å². The molecule has 0 aliphatic heterocycles. The zero-order valence-electron chi connectivity index (χ0n) is 12.8. The molecule has 114 valence electrons. The van der Waals surface area contributed by atoms with Crippen molar-refractivity contribution in [3.05, 3.63) is 59.8 Å². The van der Waals surface area contributed by atoms with Crippen LogP contribution in [0.4, 0.5) is 4.39 Å². The molecule has 0 aliphatic carbocycles. The lowest BCUT2D eigenvalue weighted by atomic mass is 10.0. The fraction of sp³-hybridized carbons (Fsp3) is 0.111. The number of H-pyrrole nitrogens is 2. The van der Waals surface area contributed by atoms with Crippen LogP contribution >= 0.6 is 0 Å². The van der Waals surface area contributed by atoms with Crippen molar-refractivity contribution in [2.75, 3.05) is 0 Å². The fourth-order valence-electron chi connectivity index (χ4n) is 2.79. The van der Waals surface area contributed by atoms with Crippen molar-refractivity contribution < 1.29 is 4.39 Å². The van der Waals surface area contributed by atoms with Crippen molar-refractivity contribution in [3.8, 4) is 22.5 Å². The molecular formula is C18H15FN4. The summed E-state index contributed by atoms with van der Waals surface area (Å²) in [5.41, 5.74) is 5.23. The maximum absolute atomic E-state index is 13.5. The molecule has 0 amide bonds. The molecule has 0 unspecified atom stereocenters. The van der Waals surface area contributed by atoms with Gasteiger partial charge < -0.3 is 4.98 Å². The molecule has 4 rings (SSSR count). The maximum atomic E-state index is 13.5. The van der Waals surface area contributed by atoms with Gasteiger partial charge in [-0.15, -0.1) is 0 Å². The van der Waals surface area contributed by atoms with Gasteiger partial charge in [-0.1, -0.05) is 12.1 Å². The quantitative estimate of drug-likeness (QED) is 0.577. The minimum absolute atomic E-state index is 0.207. The lowest BCUT2D eigenvalue weighted by Gasteiger charge is -2.05. The number of aromatic nitrogens is 4. The average molecular weight is 306 g/mol. The number of aryl methyl sites for hydroxylation is 2. The summed E-state index contributed by atoms with van der Waals surface area (Å²) in [6, 6.07) is 11.2. The Kier molecular flexibility index (Phi) is 3.01. The second kappa shape index (κ2) is 5.05. The third-order valence-electron chi connectivity index (χ3n) is 3.98. The van der Waals surface area contributed by atoms with Gasteiger partial charge >= 0.3 is 0 Å². The predicted octanol–water partition coefficient (Wildman–Crippen LogP) is 4.38. The van der Waals surface area contributed by atoms with E-state index in [2.05, 4.69) is 20.2 Å². The number of nitrogens with one attached hydrogen (secondary N) is 2.